The van der Waals surface area contributed by atoms with Crippen LogP contribution in [0.5, 0.6) is 0 Å². The topological polar surface area (TPSA) is 38.7 Å². The molecule has 0 heterocycles. The lowest BCUT2D eigenvalue weighted by atomic mass is 9.44. The van der Waals surface area contributed by atoms with Crippen molar-refractivity contribution in [1.29, 1.82) is 0 Å². The number of rotatable bonds is 6. The molecular weight excluding hydrogens is 513 g/mol. The summed E-state index contributed by atoms with van der Waals surface area (Å²) < 4.78 is 14.1. The lowest BCUT2D eigenvalue weighted by Crippen LogP contribution is -2.60. The zero-order valence-electron chi connectivity index (χ0n) is 27.7. The molecule has 4 aliphatic rings. The minimum atomic E-state index is -1.87. The van der Waals surface area contributed by atoms with Crippen LogP contribution in [0.4, 0.5) is 0 Å². The molecule has 0 unspecified atom stereocenters. The van der Waals surface area contributed by atoms with E-state index in [1.165, 1.54) is 31.3 Å². The Hall–Kier alpha value is -0.206. The molecule has 3 saturated carbocycles. The van der Waals surface area contributed by atoms with Crippen molar-refractivity contribution in [1.82, 2.24) is 0 Å². The second-order valence-electron chi connectivity index (χ2n) is 17.5. The van der Waals surface area contributed by atoms with E-state index >= 15 is 0 Å². The molecule has 224 valence electrons. The zero-order chi connectivity index (χ0) is 29.4. The van der Waals surface area contributed by atoms with Gasteiger partial charge in [-0.3, -0.25) is 0 Å². The van der Waals surface area contributed by atoms with Gasteiger partial charge in [-0.2, -0.15) is 0 Å². The van der Waals surface area contributed by atoms with Gasteiger partial charge in [-0.05, 0) is 116 Å². The van der Waals surface area contributed by atoms with Crippen molar-refractivity contribution < 1.29 is 14.0 Å². The standard InChI is InChI=1S/C34H62O3Si2/c1-14-19-34(35)23-24-22-25(36-38(10,11)30(2,3)4)17-20-32(24,8)27-18-21-33(9)26(29(27)34)15-16-28(33)37-39(12,13)31(5,6)7/h14,23,25-29,35H,1,15-22H2,2-13H3/t25-,26-,27-,28-,29-,32-,33-,34-/m0/s1. The Labute approximate surface area is 243 Å². The van der Waals surface area contributed by atoms with Gasteiger partial charge in [-0.1, -0.05) is 73.1 Å². The van der Waals surface area contributed by atoms with Crippen molar-refractivity contribution in [2.75, 3.05) is 0 Å². The van der Waals surface area contributed by atoms with Gasteiger partial charge in [0.05, 0.1) is 11.7 Å². The fourth-order valence-corrected chi connectivity index (χ4v) is 11.4. The predicted octanol–water partition coefficient (Wildman–Crippen LogP) is 9.65. The van der Waals surface area contributed by atoms with Crippen LogP contribution >= 0.6 is 0 Å². The van der Waals surface area contributed by atoms with E-state index in [0.29, 0.717) is 24.4 Å². The van der Waals surface area contributed by atoms with E-state index in [9.17, 15) is 5.11 Å². The van der Waals surface area contributed by atoms with E-state index in [2.05, 4.69) is 94.2 Å². The molecule has 0 spiro atoms. The first-order valence-electron chi connectivity index (χ1n) is 16.0. The third-order valence-electron chi connectivity index (χ3n) is 13.2. The molecule has 0 aliphatic heterocycles. The highest BCUT2D eigenvalue weighted by Crippen LogP contribution is 2.68. The highest BCUT2D eigenvalue weighted by atomic mass is 28.4. The quantitative estimate of drug-likeness (QED) is 0.253. The maximum atomic E-state index is 12.6. The minimum Gasteiger partial charge on any atom is -0.414 e. The van der Waals surface area contributed by atoms with Crippen molar-refractivity contribution in [3.8, 4) is 0 Å². The van der Waals surface area contributed by atoms with E-state index in [1.54, 1.807) is 0 Å². The Bertz CT molecular complexity index is 972. The monoisotopic (exact) mass is 574 g/mol. The Morgan fingerprint density at radius 1 is 0.897 bits per heavy atom. The van der Waals surface area contributed by atoms with Gasteiger partial charge in [0, 0.05) is 6.10 Å². The van der Waals surface area contributed by atoms with Crippen LogP contribution in [0.25, 0.3) is 0 Å². The van der Waals surface area contributed by atoms with Crippen LogP contribution in [0, 0.1) is 28.6 Å². The molecule has 3 fully saturated rings. The van der Waals surface area contributed by atoms with Crippen LogP contribution < -0.4 is 0 Å². The Kier molecular flexibility index (Phi) is 8.07. The predicted molar refractivity (Wildman–Crippen MR) is 171 cm³/mol. The van der Waals surface area contributed by atoms with E-state index in [-0.39, 0.29) is 32.9 Å². The van der Waals surface area contributed by atoms with Gasteiger partial charge < -0.3 is 14.0 Å². The molecule has 0 amide bonds. The second-order valence-corrected chi connectivity index (χ2v) is 27.1. The Morgan fingerprint density at radius 3 is 2.05 bits per heavy atom. The fraction of sp³-hybridized carbons (Fsp3) is 0.882. The van der Waals surface area contributed by atoms with Gasteiger partial charge in [0.25, 0.3) is 0 Å². The molecule has 1 N–H and O–H groups in total. The van der Waals surface area contributed by atoms with Gasteiger partial charge in [0.1, 0.15) is 0 Å². The van der Waals surface area contributed by atoms with Crippen LogP contribution in [-0.2, 0) is 8.85 Å². The Morgan fingerprint density at radius 2 is 1.49 bits per heavy atom. The van der Waals surface area contributed by atoms with Crippen LogP contribution in [0.15, 0.2) is 24.3 Å². The summed E-state index contributed by atoms with van der Waals surface area (Å²) in [5.74, 6) is 1.28. The molecule has 3 nitrogen and oxygen atoms in total. The van der Waals surface area contributed by atoms with Crippen molar-refractivity contribution in [2.45, 2.75) is 161 Å². The average Bonchev–Trinajstić information content (AvgIpc) is 3.09. The summed E-state index contributed by atoms with van der Waals surface area (Å²) in [6, 6.07) is 0. The van der Waals surface area contributed by atoms with E-state index in [0.717, 1.165) is 19.3 Å². The zero-order valence-corrected chi connectivity index (χ0v) is 29.7. The second kappa shape index (κ2) is 9.93. The minimum absolute atomic E-state index is 0.135. The van der Waals surface area contributed by atoms with E-state index in [1.807, 2.05) is 6.08 Å². The summed E-state index contributed by atoms with van der Waals surface area (Å²) in [5.41, 5.74) is 0.943. The fourth-order valence-electron chi connectivity index (χ4n) is 8.60. The summed E-state index contributed by atoms with van der Waals surface area (Å²) >= 11 is 0. The molecule has 0 aromatic carbocycles. The molecule has 0 radical (unpaired) electrons. The number of aliphatic hydroxyl groups is 1. The third-order valence-corrected chi connectivity index (χ3v) is 22.2. The summed E-state index contributed by atoms with van der Waals surface area (Å²) in [5, 5.41) is 13.0. The van der Waals surface area contributed by atoms with E-state index < -0.39 is 22.2 Å². The summed E-state index contributed by atoms with van der Waals surface area (Å²) in [6.45, 7) is 32.8. The summed E-state index contributed by atoms with van der Waals surface area (Å²) in [6.07, 6.45) is 13.5. The molecule has 39 heavy (non-hydrogen) atoms. The number of hydrogen-bond acceptors (Lipinski definition) is 3. The van der Waals surface area contributed by atoms with Gasteiger partial charge >= 0.3 is 0 Å². The van der Waals surface area contributed by atoms with Gasteiger partial charge in [-0.25, -0.2) is 0 Å². The largest absolute Gasteiger partial charge is 0.414 e. The third kappa shape index (κ3) is 5.28. The molecule has 8 atom stereocenters. The highest BCUT2D eigenvalue weighted by Gasteiger charge is 2.65. The van der Waals surface area contributed by atoms with Gasteiger partial charge in [0.2, 0.25) is 0 Å². The number of fused-ring (bicyclic) bond motifs is 5. The van der Waals surface area contributed by atoms with Crippen LogP contribution in [0.3, 0.4) is 0 Å². The molecule has 4 rings (SSSR count). The molecule has 0 aromatic rings. The molecule has 5 heteroatoms. The smallest absolute Gasteiger partial charge is 0.192 e. The summed E-state index contributed by atoms with van der Waals surface area (Å²) in [7, 11) is -3.72. The average molecular weight is 575 g/mol. The van der Waals surface area contributed by atoms with Crippen LogP contribution in [0.1, 0.15) is 107 Å². The van der Waals surface area contributed by atoms with Gasteiger partial charge in [-0.15, -0.1) is 6.58 Å². The van der Waals surface area contributed by atoms with Crippen molar-refractivity contribution in [3.63, 3.8) is 0 Å². The molecule has 0 saturated heterocycles. The van der Waals surface area contributed by atoms with Crippen molar-refractivity contribution >= 4 is 16.6 Å². The van der Waals surface area contributed by atoms with Crippen LogP contribution in [0.2, 0.25) is 36.3 Å². The van der Waals surface area contributed by atoms with Crippen molar-refractivity contribution in [3.05, 3.63) is 24.3 Å². The lowest BCUT2D eigenvalue weighted by molar-refractivity contribution is -0.142. The first-order valence-corrected chi connectivity index (χ1v) is 21.8. The molecule has 4 aliphatic carbocycles. The van der Waals surface area contributed by atoms with E-state index in [4.69, 9.17) is 8.85 Å². The molecule has 0 aromatic heterocycles. The van der Waals surface area contributed by atoms with Crippen molar-refractivity contribution in [2.24, 2.45) is 28.6 Å². The first kappa shape index (κ1) is 31.7. The SMILES string of the molecule is C=CC[C@]1(O)C=C2C[C@@H](O[Si](C)(C)C(C)(C)C)CC[C@]2(C)[C@H]2CC[C@]3(C)[C@@H](O[Si](C)(C)C(C)(C)C)CC[C@H]3[C@@H]21. The number of hydrogen-bond donors (Lipinski definition) is 1. The molecule has 0 bridgehead atoms. The van der Waals surface area contributed by atoms with Gasteiger partial charge in [0.15, 0.2) is 16.6 Å². The summed E-state index contributed by atoms with van der Waals surface area (Å²) in [4.78, 5) is 0. The normalized spacial score (nSPS) is 41.4. The Balaban J connectivity index is 1.66. The highest BCUT2D eigenvalue weighted by molar-refractivity contribution is 6.74. The first-order chi connectivity index (χ1) is 17.6. The maximum absolute atomic E-state index is 12.6. The maximum Gasteiger partial charge on any atom is 0.192 e. The van der Waals surface area contributed by atoms with Crippen LogP contribution in [-0.4, -0.2) is 39.6 Å². The lowest BCUT2D eigenvalue weighted by Gasteiger charge is -2.62. The molecular formula is C34H62O3Si2.